The van der Waals surface area contributed by atoms with Crippen molar-refractivity contribution < 1.29 is 23.7 Å². The summed E-state index contributed by atoms with van der Waals surface area (Å²) in [4.78, 5) is 0. The molecule has 104 valence electrons. The summed E-state index contributed by atoms with van der Waals surface area (Å²) in [6, 6.07) is 0. The van der Waals surface area contributed by atoms with Gasteiger partial charge >= 0.3 is 0 Å². The van der Waals surface area contributed by atoms with E-state index in [2.05, 4.69) is 12.6 Å². The molecule has 0 aromatic rings. The van der Waals surface area contributed by atoms with Gasteiger partial charge in [0.15, 0.2) is 11.6 Å². The number of thiol groups is 1. The van der Waals surface area contributed by atoms with E-state index in [1.165, 1.54) is 0 Å². The molecule has 4 atom stereocenters. The zero-order valence-electron chi connectivity index (χ0n) is 11.1. The van der Waals surface area contributed by atoms with Crippen molar-refractivity contribution in [1.29, 1.82) is 0 Å². The second-order valence-electron chi connectivity index (χ2n) is 5.96. The summed E-state index contributed by atoms with van der Waals surface area (Å²) in [5, 5.41) is 0. The minimum Gasteiger partial charge on any atom is -0.344 e. The van der Waals surface area contributed by atoms with Crippen molar-refractivity contribution in [3.8, 4) is 0 Å². The molecule has 0 spiro atoms. The lowest BCUT2D eigenvalue weighted by Crippen LogP contribution is -2.59. The monoisotopic (exact) mass is 276 g/mol. The van der Waals surface area contributed by atoms with E-state index in [4.69, 9.17) is 23.7 Å². The van der Waals surface area contributed by atoms with Crippen LogP contribution in [0.4, 0.5) is 0 Å². The van der Waals surface area contributed by atoms with Crippen LogP contribution in [-0.2, 0) is 23.7 Å². The first-order valence-electron chi connectivity index (χ1n) is 6.25. The number of rotatable bonds is 1. The Kier molecular flexibility index (Phi) is 2.80. The molecule has 3 rings (SSSR count). The lowest BCUT2D eigenvalue weighted by Gasteiger charge is -2.39. The molecule has 3 fully saturated rings. The zero-order chi connectivity index (χ0) is 13.2. The molecule has 0 aromatic heterocycles. The molecule has 0 bridgehead atoms. The topological polar surface area (TPSA) is 46.2 Å². The van der Waals surface area contributed by atoms with Crippen molar-refractivity contribution in [2.45, 2.75) is 63.4 Å². The molecular weight excluding hydrogens is 256 g/mol. The SMILES string of the molecule is CC1(C)O[C@@H]2[C@@H](CO[C@@]3(CS)OC(C)(C)O[C@@H]23)O1. The molecule has 3 aliphatic rings. The van der Waals surface area contributed by atoms with Crippen molar-refractivity contribution in [2.24, 2.45) is 0 Å². The number of ether oxygens (including phenoxy) is 5. The third kappa shape index (κ3) is 1.90. The summed E-state index contributed by atoms with van der Waals surface area (Å²) in [5.41, 5.74) is 0. The minimum atomic E-state index is -0.836. The third-order valence-electron chi connectivity index (χ3n) is 3.50. The number of fused-ring (bicyclic) bond motifs is 3. The maximum atomic E-state index is 5.95. The molecule has 0 N–H and O–H groups in total. The largest absolute Gasteiger partial charge is 0.344 e. The van der Waals surface area contributed by atoms with Gasteiger partial charge in [0, 0.05) is 5.75 Å². The van der Waals surface area contributed by atoms with Crippen molar-refractivity contribution in [2.75, 3.05) is 12.4 Å². The Hall–Kier alpha value is 0.150. The van der Waals surface area contributed by atoms with Crippen LogP contribution in [0, 0.1) is 0 Å². The summed E-state index contributed by atoms with van der Waals surface area (Å²) in [6.45, 7) is 7.97. The highest BCUT2D eigenvalue weighted by molar-refractivity contribution is 7.80. The van der Waals surface area contributed by atoms with E-state index in [9.17, 15) is 0 Å². The quantitative estimate of drug-likeness (QED) is 0.732. The molecule has 0 saturated carbocycles. The summed E-state index contributed by atoms with van der Waals surface area (Å²) in [7, 11) is 0. The predicted molar refractivity (Wildman–Crippen MR) is 66.4 cm³/mol. The van der Waals surface area contributed by atoms with E-state index < -0.39 is 17.4 Å². The Balaban J connectivity index is 1.90. The van der Waals surface area contributed by atoms with Crippen LogP contribution in [0.2, 0.25) is 0 Å². The maximum Gasteiger partial charge on any atom is 0.209 e. The van der Waals surface area contributed by atoms with Gasteiger partial charge in [-0.3, -0.25) is 0 Å². The first kappa shape index (κ1) is 13.1. The van der Waals surface area contributed by atoms with Crippen LogP contribution < -0.4 is 0 Å². The van der Waals surface area contributed by atoms with Crippen LogP contribution in [0.1, 0.15) is 27.7 Å². The standard InChI is InChI=1S/C12H20O5S/c1-10(2)14-7-5-13-12(6-18)9(8(7)15-10)16-11(3,4)17-12/h7-9,18H,5-6H2,1-4H3/t7-,8-,9+,12+/m1/s1. The van der Waals surface area contributed by atoms with Crippen molar-refractivity contribution in [3.63, 3.8) is 0 Å². The fourth-order valence-corrected chi connectivity index (χ4v) is 3.30. The highest BCUT2D eigenvalue weighted by Crippen LogP contribution is 2.47. The van der Waals surface area contributed by atoms with E-state index in [1.54, 1.807) is 0 Å². The zero-order valence-corrected chi connectivity index (χ0v) is 12.0. The van der Waals surface area contributed by atoms with Gasteiger partial charge in [-0.15, -0.1) is 0 Å². The molecule has 0 aromatic carbocycles. The molecule has 18 heavy (non-hydrogen) atoms. The molecule has 0 aliphatic carbocycles. The van der Waals surface area contributed by atoms with Crippen LogP contribution in [0.25, 0.3) is 0 Å². The maximum absolute atomic E-state index is 5.95. The fourth-order valence-electron chi connectivity index (χ4n) is 2.96. The lowest BCUT2D eigenvalue weighted by molar-refractivity contribution is -0.267. The Morgan fingerprint density at radius 3 is 2.44 bits per heavy atom. The average molecular weight is 276 g/mol. The van der Waals surface area contributed by atoms with E-state index in [1.807, 2.05) is 27.7 Å². The van der Waals surface area contributed by atoms with Crippen molar-refractivity contribution >= 4 is 12.6 Å². The summed E-state index contributed by atoms with van der Waals surface area (Å²) >= 11 is 4.35. The van der Waals surface area contributed by atoms with Gasteiger partial charge in [-0.2, -0.15) is 12.6 Å². The molecule has 3 saturated heterocycles. The highest BCUT2D eigenvalue weighted by Gasteiger charge is 2.64. The smallest absolute Gasteiger partial charge is 0.209 e. The van der Waals surface area contributed by atoms with Gasteiger partial charge in [0.25, 0.3) is 0 Å². The number of hydrogen-bond donors (Lipinski definition) is 1. The van der Waals surface area contributed by atoms with Gasteiger partial charge in [0.05, 0.1) is 6.61 Å². The Morgan fingerprint density at radius 1 is 1.06 bits per heavy atom. The van der Waals surface area contributed by atoms with Gasteiger partial charge in [0.1, 0.15) is 18.3 Å². The molecule has 0 radical (unpaired) electrons. The first-order valence-corrected chi connectivity index (χ1v) is 6.89. The minimum absolute atomic E-state index is 0.115. The van der Waals surface area contributed by atoms with Crippen LogP contribution in [0.5, 0.6) is 0 Å². The Bertz CT molecular complexity index is 358. The van der Waals surface area contributed by atoms with Gasteiger partial charge in [-0.25, -0.2) is 0 Å². The molecule has 0 unspecified atom stereocenters. The van der Waals surface area contributed by atoms with E-state index in [0.29, 0.717) is 12.4 Å². The van der Waals surface area contributed by atoms with Crippen LogP contribution in [0.3, 0.4) is 0 Å². The Morgan fingerprint density at radius 2 is 1.78 bits per heavy atom. The van der Waals surface area contributed by atoms with Gasteiger partial charge in [-0.1, -0.05) is 0 Å². The van der Waals surface area contributed by atoms with Gasteiger partial charge in [0.2, 0.25) is 5.79 Å². The van der Waals surface area contributed by atoms with Gasteiger partial charge in [-0.05, 0) is 27.7 Å². The summed E-state index contributed by atoms with van der Waals surface area (Å²) in [6.07, 6.45) is -0.608. The number of hydrogen-bond acceptors (Lipinski definition) is 6. The molecular formula is C12H20O5S. The van der Waals surface area contributed by atoms with Gasteiger partial charge < -0.3 is 23.7 Å². The molecule has 3 heterocycles. The van der Waals surface area contributed by atoms with Crippen LogP contribution >= 0.6 is 12.6 Å². The molecule has 6 heteroatoms. The van der Waals surface area contributed by atoms with Crippen LogP contribution in [0.15, 0.2) is 0 Å². The Labute approximate surface area is 112 Å². The van der Waals surface area contributed by atoms with E-state index >= 15 is 0 Å². The molecule has 0 amide bonds. The molecule has 5 nitrogen and oxygen atoms in total. The normalized spacial score (nSPS) is 48.8. The third-order valence-corrected chi connectivity index (χ3v) is 3.94. The summed E-state index contributed by atoms with van der Waals surface area (Å²) < 4.78 is 29.5. The molecule has 3 aliphatic heterocycles. The van der Waals surface area contributed by atoms with E-state index in [0.717, 1.165) is 0 Å². The second-order valence-corrected chi connectivity index (χ2v) is 6.28. The van der Waals surface area contributed by atoms with Crippen LogP contribution in [-0.4, -0.2) is 48.0 Å². The second kappa shape index (κ2) is 3.84. The average Bonchev–Trinajstić information content (AvgIpc) is 2.70. The first-order chi connectivity index (χ1) is 8.27. The predicted octanol–water partition coefficient (Wildman–Crippen LogP) is 1.31. The van der Waals surface area contributed by atoms with Crippen molar-refractivity contribution in [1.82, 2.24) is 0 Å². The fraction of sp³-hybridized carbons (Fsp3) is 1.00. The lowest BCUT2D eigenvalue weighted by atomic mass is 9.98. The van der Waals surface area contributed by atoms with E-state index in [-0.39, 0.29) is 18.3 Å². The highest BCUT2D eigenvalue weighted by atomic mass is 32.1. The summed E-state index contributed by atoms with van der Waals surface area (Å²) in [5.74, 6) is -1.72. The van der Waals surface area contributed by atoms with Crippen molar-refractivity contribution in [3.05, 3.63) is 0 Å².